The van der Waals surface area contributed by atoms with E-state index in [1.807, 2.05) is 18.2 Å². The third-order valence-electron chi connectivity index (χ3n) is 4.82. The highest BCUT2D eigenvalue weighted by Crippen LogP contribution is 2.14. The number of rotatable bonds is 8. The van der Waals surface area contributed by atoms with Crippen LogP contribution in [0.5, 0.6) is 0 Å². The molecule has 2 aromatic carbocycles. The molecule has 1 heterocycles. The van der Waals surface area contributed by atoms with Crippen LogP contribution in [0, 0.1) is 0 Å². The molecule has 3 rings (SSSR count). The number of sulfonamides is 1. The van der Waals surface area contributed by atoms with Crippen molar-refractivity contribution in [3.63, 3.8) is 0 Å². The van der Waals surface area contributed by atoms with Crippen molar-refractivity contribution in [2.75, 3.05) is 32.8 Å². The van der Waals surface area contributed by atoms with Gasteiger partial charge in [0.2, 0.25) is 10.0 Å². The van der Waals surface area contributed by atoms with Gasteiger partial charge in [-0.05, 0) is 35.4 Å². The van der Waals surface area contributed by atoms with Gasteiger partial charge in [0.05, 0.1) is 18.1 Å². The van der Waals surface area contributed by atoms with E-state index in [0.29, 0.717) is 18.7 Å². The Morgan fingerprint density at radius 2 is 1.69 bits per heavy atom. The van der Waals surface area contributed by atoms with E-state index in [4.69, 9.17) is 4.74 Å². The number of morpholine rings is 1. The second kappa shape index (κ2) is 9.98. The van der Waals surface area contributed by atoms with E-state index in [1.165, 1.54) is 29.8 Å². The van der Waals surface area contributed by atoms with Crippen molar-refractivity contribution in [1.82, 2.24) is 14.9 Å². The molecular formula is C21H27N3O4S. The first-order chi connectivity index (χ1) is 14.0. The standard InChI is InChI=1S/C21H27N3O4S/c1-2-23-29(26,27)20-9-7-17(8-10-20)21(25)22-15-18-5-3-4-6-19(18)16-24-11-13-28-14-12-24/h3-10,23H,2,11-16H2,1H3,(H,22,25). The van der Waals surface area contributed by atoms with E-state index < -0.39 is 10.0 Å². The summed E-state index contributed by atoms with van der Waals surface area (Å²) in [7, 11) is -3.52. The predicted octanol–water partition coefficient (Wildman–Crippen LogP) is 1.75. The predicted molar refractivity (Wildman–Crippen MR) is 111 cm³/mol. The van der Waals surface area contributed by atoms with Crippen molar-refractivity contribution >= 4 is 15.9 Å². The van der Waals surface area contributed by atoms with Crippen LogP contribution in [0.3, 0.4) is 0 Å². The minimum absolute atomic E-state index is 0.145. The Labute approximate surface area is 172 Å². The zero-order chi connectivity index (χ0) is 20.7. The van der Waals surface area contributed by atoms with E-state index in [9.17, 15) is 13.2 Å². The molecule has 0 aliphatic carbocycles. The summed E-state index contributed by atoms with van der Waals surface area (Å²) in [4.78, 5) is 15.0. The van der Waals surface area contributed by atoms with Gasteiger partial charge >= 0.3 is 0 Å². The van der Waals surface area contributed by atoms with Gasteiger partial charge in [-0.25, -0.2) is 13.1 Å². The Bertz CT molecular complexity index is 923. The van der Waals surface area contributed by atoms with Gasteiger partial charge in [-0.3, -0.25) is 9.69 Å². The second-order valence-electron chi connectivity index (χ2n) is 6.87. The first kappa shape index (κ1) is 21.4. The molecule has 156 valence electrons. The lowest BCUT2D eigenvalue weighted by Crippen LogP contribution is -2.36. The number of ether oxygens (including phenoxy) is 1. The lowest BCUT2D eigenvalue weighted by Gasteiger charge is -2.27. The molecule has 1 aliphatic rings. The van der Waals surface area contributed by atoms with Gasteiger partial charge in [-0.15, -0.1) is 0 Å². The van der Waals surface area contributed by atoms with Gasteiger partial charge in [0.1, 0.15) is 0 Å². The fourth-order valence-corrected chi connectivity index (χ4v) is 4.26. The van der Waals surface area contributed by atoms with Crippen LogP contribution >= 0.6 is 0 Å². The van der Waals surface area contributed by atoms with Crippen molar-refractivity contribution in [3.8, 4) is 0 Å². The summed E-state index contributed by atoms with van der Waals surface area (Å²) < 4.78 is 31.8. The summed E-state index contributed by atoms with van der Waals surface area (Å²) in [6.45, 7) is 6.58. The molecule has 2 N–H and O–H groups in total. The molecule has 7 nitrogen and oxygen atoms in total. The number of benzene rings is 2. The van der Waals surface area contributed by atoms with Gasteiger partial charge in [0, 0.05) is 38.3 Å². The van der Waals surface area contributed by atoms with Gasteiger partial charge in [-0.2, -0.15) is 0 Å². The van der Waals surface area contributed by atoms with Crippen molar-refractivity contribution in [1.29, 1.82) is 0 Å². The van der Waals surface area contributed by atoms with E-state index in [-0.39, 0.29) is 10.8 Å². The number of hydrogen-bond donors (Lipinski definition) is 2. The van der Waals surface area contributed by atoms with Crippen molar-refractivity contribution in [3.05, 3.63) is 65.2 Å². The molecule has 1 aliphatic heterocycles. The second-order valence-corrected chi connectivity index (χ2v) is 8.63. The van der Waals surface area contributed by atoms with E-state index >= 15 is 0 Å². The highest BCUT2D eigenvalue weighted by molar-refractivity contribution is 7.89. The molecule has 0 spiro atoms. The third kappa shape index (κ3) is 5.86. The summed E-state index contributed by atoms with van der Waals surface area (Å²) in [6.07, 6.45) is 0. The van der Waals surface area contributed by atoms with Crippen molar-refractivity contribution in [2.45, 2.75) is 24.9 Å². The number of nitrogens with one attached hydrogen (secondary N) is 2. The molecule has 29 heavy (non-hydrogen) atoms. The number of nitrogens with zero attached hydrogens (tertiary/aromatic N) is 1. The summed E-state index contributed by atoms with van der Waals surface area (Å²) in [5.74, 6) is -0.237. The smallest absolute Gasteiger partial charge is 0.251 e. The molecule has 1 saturated heterocycles. The van der Waals surface area contributed by atoms with Crippen LogP contribution in [-0.2, 0) is 27.8 Å². The Morgan fingerprint density at radius 3 is 2.34 bits per heavy atom. The molecule has 0 aromatic heterocycles. The summed E-state index contributed by atoms with van der Waals surface area (Å²) >= 11 is 0. The third-order valence-corrected chi connectivity index (χ3v) is 6.38. The lowest BCUT2D eigenvalue weighted by molar-refractivity contribution is 0.0340. The topological polar surface area (TPSA) is 87.7 Å². The molecule has 0 unspecified atom stereocenters. The van der Waals surface area contributed by atoms with Crippen LogP contribution in [0.2, 0.25) is 0 Å². The minimum atomic E-state index is -3.52. The van der Waals surface area contributed by atoms with Crippen LogP contribution < -0.4 is 10.0 Å². The van der Waals surface area contributed by atoms with E-state index in [2.05, 4.69) is 21.0 Å². The first-order valence-corrected chi connectivity index (χ1v) is 11.2. The van der Waals surface area contributed by atoms with Gasteiger partial charge < -0.3 is 10.1 Å². The lowest BCUT2D eigenvalue weighted by atomic mass is 10.1. The van der Waals surface area contributed by atoms with E-state index in [1.54, 1.807) is 6.92 Å². The maximum absolute atomic E-state index is 12.5. The Morgan fingerprint density at radius 1 is 1.03 bits per heavy atom. The largest absolute Gasteiger partial charge is 0.379 e. The molecule has 8 heteroatoms. The average molecular weight is 418 g/mol. The zero-order valence-electron chi connectivity index (χ0n) is 16.6. The Kier molecular flexibility index (Phi) is 7.38. The van der Waals surface area contributed by atoms with Crippen LogP contribution in [0.15, 0.2) is 53.4 Å². The highest BCUT2D eigenvalue weighted by Gasteiger charge is 2.15. The zero-order valence-corrected chi connectivity index (χ0v) is 17.4. The molecule has 0 radical (unpaired) electrons. The number of amides is 1. The van der Waals surface area contributed by atoms with Crippen molar-refractivity contribution < 1.29 is 17.9 Å². The quantitative estimate of drug-likeness (QED) is 0.683. The fraction of sp³-hybridized carbons (Fsp3) is 0.381. The maximum Gasteiger partial charge on any atom is 0.251 e. The minimum Gasteiger partial charge on any atom is -0.379 e. The highest BCUT2D eigenvalue weighted by atomic mass is 32.2. The normalized spacial score (nSPS) is 15.2. The summed E-state index contributed by atoms with van der Waals surface area (Å²) in [5.41, 5.74) is 2.67. The van der Waals surface area contributed by atoms with Crippen LogP contribution in [-0.4, -0.2) is 52.1 Å². The summed E-state index contributed by atoms with van der Waals surface area (Å²) in [5, 5.41) is 2.93. The average Bonchev–Trinajstić information content (AvgIpc) is 2.74. The van der Waals surface area contributed by atoms with Crippen LogP contribution in [0.25, 0.3) is 0 Å². The SMILES string of the molecule is CCNS(=O)(=O)c1ccc(C(=O)NCc2ccccc2CN2CCOCC2)cc1. The van der Waals surface area contributed by atoms with Crippen LogP contribution in [0.4, 0.5) is 0 Å². The molecule has 2 aromatic rings. The first-order valence-electron chi connectivity index (χ1n) is 9.74. The fourth-order valence-electron chi connectivity index (χ4n) is 3.22. The van der Waals surface area contributed by atoms with Crippen molar-refractivity contribution in [2.24, 2.45) is 0 Å². The number of hydrogen-bond acceptors (Lipinski definition) is 5. The summed E-state index contributed by atoms with van der Waals surface area (Å²) in [6, 6.07) is 14.0. The number of carbonyl (C=O) groups excluding carboxylic acids is 1. The van der Waals surface area contributed by atoms with Gasteiger partial charge in [0.25, 0.3) is 5.91 Å². The molecule has 1 fully saturated rings. The van der Waals surface area contributed by atoms with Gasteiger partial charge in [0.15, 0.2) is 0 Å². The molecule has 0 atom stereocenters. The molecule has 0 saturated carbocycles. The van der Waals surface area contributed by atoms with Gasteiger partial charge in [-0.1, -0.05) is 31.2 Å². The maximum atomic E-state index is 12.5. The molecule has 1 amide bonds. The molecule has 0 bridgehead atoms. The number of carbonyl (C=O) groups is 1. The Balaban J connectivity index is 1.62. The molecular weight excluding hydrogens is 390 g/mol. The monoisotopic (exact) mass is 417 g/mol. The van der Waals surface area contributed by atoms with E-state index in [0.717, 1.165) is 38.4 Å². The Hall–Kier alpha value is -2.26. The van der Waals surface area contributed by atoms with Crippen LogP contribution in [0.1, 0.15) is 28.4 Å².